The fourth-order valence-corrected chi connectivity index (χ4v) is 2.64. The zero-order chi connectivity index (χ0) is 18.6. The van der Waals surface area contributed by atoms with E-state index in [1.807, 2.05) is 13.8 Å². The van der Waals surface area contributed by atoms with Crippen LogP contribution in [-0.2, 0) is 4.79 Å². The minimum absolute atomic E-state index is 0.0833. The van der Waals surface area contributed by atoms with Gasteiger partial charge in [-0.1, -0.05) is 78.6 Å². The third-order valence-corrected chi connectivity index (χ3v) is 4.38. The molecule has 0 aliphatic heterocycles. The number of hydrogen-bond acceptors (Lipinski definition) is 3. The quantitative estimate of drug-likeness (QED) is 0.358. The Balaban J connectivity index is 0. The minimum atomic E-state index is -0.659. The summed E-state index contributed by atoms with van der Waals surface area (Å²) in [5.41, 5.74) is 0. The van der Waals surface area contributed by atoms with Crippen molar-refractivity contribution in [1.82, 2.24) is 0 Å². The lowest BCUT2D eigenvalue weighted by Gasteiger charge is -2.17. The van der Waals surface area contributed by atoms with Crippen molar-refractivity contribution in [2.24, 2.45) is 5.92 Å². The number of aliphatic carboxylic acids is 1. The summed E-state index contributed by atoms with van der Waals surface area (Å²) in [6.07, 6.45) is 13.8. The van der Waals surface area contributed by atoms with E-state index in [4.69, 9.17) is 10.2 Å². The van der Waals surface area contributed by atoms with Crippen molar-refractivity contribution in [3.63, 3.8) is 0 Å². The van der Waals surface area contributed by atoms with Crippen LogP contribution in [-0.4, -0.2) is 34.0 Å². The molecule has 0 saturated heterocycles. The Kier molecular flexibility index (Phi) is 21.8. The summed E-state index contributed by atoms with van der Waals surface area (Å²) in [7, 11) is 0. The highest BCUT2D eigenvalue weighted by molar-refractivity contribution is 5.66. The minimum Gasteiger partial charge on any atom is -0.481 e. The van der Waals surface area contributed by atoms with Gasteiger partial charge in [-0.05, 0) is 19.3 Å². The summed E-state index contributed by atoms with van der Waals surface area (Å²) in [6.45, 7) is 6.36. The molecule has 0 bridgehead atoms. The van der Waals surface area contributed by atoms with Gasteiger partial charge in [0, 0.05) is 18.9 Å². The lowest BCUT2D eigenvalue weighted by molar-refractivity contribution is -0.137. The van der Waals surface area contributed by atoms with E-state index in [1.165, 1.54) is 44.9 Å². The van der Waals surface area contributed by atoms with Crippen LogP contribution in [0, 0.1) is 5.92 Å². The van der Waals surface area contributed by atoms with E-state index in [9.17, 15) is 9.90 Å². The molecule has 0 aromatic heterocycles. The Morgan fingerprint density at radius 3 is 1.71 bits per heavy atom. The van der Waals surface area contributed by atoms with Gasteiger partial charge in [0.1, 0.15) is 0 Å². The molecule has 146 valence electrons. The molecule has 0 radical (unpaired) electrons. The Hall–Kier alpha value is -0.610. The first-order chi connectivity index (χ1) is 11.5. The molecule has 0 rings (SSSR count). The molecular formula is C20H42O4. The molecule has 0 aromatic carbocycles. The molecule has 0 fully saturated rings. The summed E-state index contributed by atoms with van der Waals surface area (Å²) in [5, 5.41) is 26.5. The molecule has 4 nitrogen and oxygen atoms in total. The summed E-state index contributed by atoms with van der Waals surface area (Å²) in [4.78, 5) is 10.2. The highest BCUT2D eigenvalue weighted by Gasteiger charge is 2.14. The molecule has 24 heavy (non-hydrogen) atoms. The predicted octanol–water partition coefficient (Wildman–Crippen LogP) is 5.16. The van der Waals surface area contributed by atoms with Gasteiger partial charge in [-0.15, -0.1) is 0 Å². The first kappa shape index (κ1) is 25.6. The molecule has 3 N–H and O–H groups in total. The highest BCUT2D eigenvalue weighted by atomic mass is 16.4. The first-order valence-electron chi connectivity index (χ1n) is 10.0. The number of carboxylic acid groups (broad SMARTS) is 1. The molecule has 4 heteroatoms. The molecule has 2 atom stereocenters. The van der Waals surface area contributed by atoms with Crippen LogP contribution in [0.2, 0.25) is 0 Å². The van der Waals surface area contributed by atoms with Crippen LogP contribution in [0.25, 0.3) is 0 Å². The second-order valence-electron chi connectivity index (χ2n) is 6.68. The van der Waals surface area contributed by atoms with Gasteiger partial charge in [0.25, 0.3) is 0 Å². The Labute approximate surface area is 149 Å². The smallest absolute Gasteiger partial charge is 0.303 e. The van der Waals surface area contributed by atoms with Crippen molar-refractivity contribution >= 4 is 5.97 Å². The second kappa shape index (κ2) is 20.4. The molecule has 0 aliphatic rings. The van der Waals surface area contributed by atoms with E-state index in [1.54, 1.807) is 0 Å². The van der Waals surface area contributed by atoms with Gasteiger partial charge in [0.2, 0.25) is 0 Å². The van der Waals surface area contributed by atoms with Gasteiger partial charge < -0.3 is 15.3 Å². The summed E-state index contributed by atoms with van der Waals surface area (Å²) in [5.74, 6) is -0.576. The predicted molar refractivity (Wildman–Crippen MR) is 101 cm³/mol. The SMILES string of the molecule is CCCC(O)C(CC)CO.CCCCCCCCCCCC(=O)O. The fourth-order valence-electron chi connectivity index (χ4n) is 2.64. The van der Waals surface area contributed by atoms with Crippen LogP contribution in [0.5, 0.6) is 0 Å². The lowest BCUT2D eigenvalue weighted by Crippen LogP contribution is -2.22. The van der Waals surface area contributed by atoms with Crippen LogP contribution in [0.1, 0.15) is 104 Å². The van der Waals surface area contributed by atoms with E-state index >= 15 is 0 Å². The van der Waals surface area contributed by atoms with Crippen molar-refractivity contribution in [2.75, 3.05) is 6.61 Å². The third-order valence-electron chi connectivity index (χ3n) is 4.38. The van der Waals surface area contributed by atoms with Crippen molar-refractivity contribution in [1.29, 1.82) is 0 Å². The number of hydrogen-bond donors (Lipinski definition) is 3. The lowest BCUT2D eigenvalue weighted by atomic mass is 9.97. The third kappa shape index (κ3) is 19.4. The van der Waals surface area contributed by atoms with E-state index in [0.29, 0.717) is 6.42 Å². The molecule has 2 unspecified atom stereocenters. The highest BCUT2D eigenvalue weighted by Crippen LogP contribution is 2.12. The normalized spacial score (nSPS) is 13.0. The second-order valence-corrected chi connectivity index (χ2v) is 6.68. The summed E-state index contributed by atoms with van der Waals surface area (Å²) < 4.78 is 0. The molecular weight excluding hydrogens is 304 g/mol. The summed E-state index contributed by atoms with van der Waals surface area (Å²) in [6, 6.07) is 0. The molecule has 0 amide bonds. The largest absolute Gasteiger partial charge is 0.481 e. The van der Waals surface area contributed by atoms with Gasteiger partial charge in [-0.3, -0.25) is 4.79 Å². The van der Waals surface area contributed by atoms with Gasteiger partial charge in [0.15, 0.2) is 0 Å². The molecule has 0 saturated carbocycles. The number of aliphatic hydroxyl groups is 2. The van der Waals surface area contributed by atoms with E-state index in [-0.39, 0.29) is 18.6 Å². The molecule has 0 spiro atoms. The number of carbonyl (C=O) groups is 1. The molecule has 0 aromatic rings. The summed E-state index contributed by atoms with van der Waals surface area (Å²) >= 11 is 0. The topological polar surface area (TPSA) is 77.8 Å². The Morgan fingerprint density at radius 1 is 0.833 bits per heavy atom. The molecule has 0 heterocycles. The number of unbranched alkanes of at least 4 members (excludes halogenated alkanes) is 8. The fraction of sp³-hybridized carbons (Fsp3) is 0.950. The average Bonchev–Trinajstić information content (AvgIpc) is 2.55. The Morgan fingerprint density at radius 2 is 1.33 bits per heavy atom. The van der Waals surface area contributed by atoms with Gasteiger partial charge in [-0.25, -0.2) is 0 Å². The van der Waals surface area contributed by atoms with E-state index in [2.05, 4.69) is 6.92 Å². The van der Waals surface area contributed by atoms with Gasteiger partial charge in [-0.2, -0.15) is 0 Å². The van der Waals surface area contributed by atoms with Gasteiger partial charge in [0.05, 0.1) is 6.10 Å². The standard InChI is InChI=1S/C12H24O2.C8H18O2/c1-2-3-4-5-6-7-8-9-10-11-12(13)14;1-3-5-8(10)7(4-2)6-9/h2-11H2,1H3,(H,13,14);7-10H,3-6H2,1-2H3. The maximum Gasteiger partial charge on any atom is 0.303 e. The number of rotatable bonds is 15. The number of carboxylic acids is 1. The van der Waals surface area contributed by atoms with E-state index < -0.39 is 5.97 Å². The van der Waals surface area contributed by atoms with Crippen molar-refractivity contribution < 1.29 is 20.1 Å². The van der Waals surface area contributed by atoms with Crippen LogP contribution in [0.4, 0.5) is 0 Å². The monoisotopic (exact) mass is 346 g/mol. The molecule has 0 aliphatic carbocycles. The first-order valence-corrected chi connectivity index (χ1v) is 10.0. The Bertz CT molecular complexity index is 252. The zero-order valence-corrected chi connectivity index (χ0v) is 16.3. The average molecular weight is 347 g/mol. The van der Waals surface area contributed by atoms with Crippen LogP contribution in [0.3, 0.4) is 0 Å². The van der Waals surface area contributed by atoms with Gasteiger partial charge >= 0.3 is 5.97 Å². The number of aliphatic hydroxyl groups excluding tert-OH is 2. The van der Waals surface area contributed by atoms with Crippen molar-refractivity contribution in [2.45, 2.75) is 110 Å². The van der Waals surface area contributed by atoms with E-state index in [0.717, 1.165) is 32.1 Å². The van der Waals surface area contributed by atoms with Crippen molar-refractivity contribution in [3.05, 3.63) is 0 Å². The maximum atomic E-state index is 10.2. The van der Waals surface area contributed by atoms with Crippen LogP contribution in [0.15, 0.2) is 0 Å². The van der Waals surface area contributed by atoms with Crippen LogP contribution < -0.4 is 0 Å². The van der Waals surface area contributed by atoms with Crippen molar-refractivity contribution in [3.8, 4) is 0 Å². The van der Waals surface area contributed by atoms with Crippen LogP contribution >= 0.6 is 0 Å². The zero-order valence-electron chi connectivity index (χ0n) is 16.3. The maximum absolute atomic E-state index is 10.2.